The number of hydrogen-bond acceptors (Lipinski definition) is 5. The number of nitrogens with two attached hydrogens (primary N) is 1. The van der Waals surface area contributed by atoms with E-state index in [0.29, 0.717) is 0 Å². The van der Waals surface area contributed by atoms with Gasteiger partial charge in [0.15, 0.2) is 0 Å². The predicted octanol–water partition coefficient (Wildman–Crippen LogP) is 3.28. The SMILES string of the molecule is COc1ccc(-c2cnc3[nH]cc(-c4ccnc(N)n4)c3c2)cc1. The Bertz CT molecular complexity index is 1010. The largest absolute Gasteiger partial charge is 0.497 e. The van der Waals surface area contributed by atoms with Crippen molar-refractivity contribution in [2.24, 2.45) is 0 Å². The van der Waals surface area contributed by atoms with E-state index in [2.05, 4.69) is 26.0 Å². The Labute approximate surface area is 138 Å². The quantitative estimate of drug-likeness (QED) is 0.605. The molecule has 3 aromatic heterocycles. The molecule has 4 aromatic rings. The van der Waals surface area contributed by atoms with E-state index >= 15 is 0 Å². The van der Waals surface area contributed by atoms with Crippen LogP contribution in [0, 0.1) is 0 Å². The first-order valence-electron chi connectivity index (χ1n) is 7.45. The van der Waals surface area contributed by atoms with Crippen molar-refractivity contribution < 1.29 is 4.74 Å². The molecule has 0 unspecified atom stereocenters. The number of hydrogen-bond donors (Lipinski definition) is 2. The molecule has 0 saturated carbocycles. The van der Waals surface area contributed by atoms with Crippen molar-refractivity contribution in [2.75, 3.05) is 12.8 Å². The molecule has 6 heteroatoms. The van der Waals surface area contributed by atoms with Crippen LogP contribution in [0.4, 0.5) is 5.95 Å². The highest BCUT2D eigenvalue weighted by Gasteiger charge is 2.10. The molecule has 3 N–H and O–H groups in total. The van der Waals surface area contributed by atoms with E-state index in [4.69, 9.17) is 10.5 Å². The Kier molecular flexibility index (Phi) is 3.35. The fourth-order valence-electron chi connectivity index (χ4n) is 2.68. The molecule has 3 heterocycles. The summed E-state index contributed by atoms with van der Waals surface area (Å²) in [5, 5.41) is 0.987. The summed E-state index contributed by atoms with van der Waals surface area (Å²) in [6.45, 7) is 0. The van der Waals surface area contributed by atoms with Gasteiger partial charge in [-0.05, 0) is 29.8 Å². The second-order valence-corrected chi connectivity index (χ2v) is 5.35. The minimum atomic E-state index is 0.251. The molecule has 118 valence electrons. The van der Waals surface area contributed by atoms with Gasteiger partial charge < -0.3 is 15.5 Å². The van der Waals surface area contributed by atoms with Crippen molar-refractivity contribution >= 4 is 17.0 Å². The molecule has 24 heavy (non-hydrogen) atoms. The van der Waals surface area contributed by atoms with Gasteiger partial charge in [0.05, 0.1) is 12.8 Å². The number of nitrogens with one attached hydrogen (secondary N) is 1. The van der Waals surface area contributed by atoms with Gasteiger partial charge in [-0.2, -0.15) is 0 Å². The standard InChI is InChI=1S/C18H15N5O/c1-24-13-4-2-11(3-5-13)12-8-14-15(10-22-17(14)21-9-12)16-6-7-20-18(19)23-16/h2-10H,1H3,(H,21,22)(H2,19,20,23). The maximum atomic E-state index is 5.70. The van der Waals surface area contributed by atoms with Crippen molar-refractivity contribution in [3.8, 4) is 28.1 Å². The normalized spacial score (nSPS) is 10.9. The second kappa shape index (κ2) is 5.66. The lowest BCUT2D eigenvalue weighted by molar-refractivity contribution is 0.415. The number of rotatable bonds is 3. The molecule has 0 bridgehead atoms. The van der Waals surface area contributed by atoms with Gasteiger partial charge in [0, 0.05) is 35.1 Å². The molecule has 0 aliphatic heterocycles. The van der Waals surface area contributed by atoms with Gasteiger partial charge in [-0.1, -0.05) is 12.1 Å². The monoisotopic (exact) mass is 317 g/mol. The molecule has 0 atom stereocenters. The van der Waals surface area contributed by atoms with E-state index in [0.717, 1.165) is 39.2 Å². The maximum absolute atomic E-state index is 5.70. The number of pyridine rings is 1. The third-order valence-electron chi connectivity index (χ3n) is 3.90. The summed E-state index contributed by atoms with van der Waals surface area (Å²) in [7, 11) is 1.65. The number of aromatic nitrogens is 4. The average Bonchev–Trinajstić information content (AvgIpc) is 3.05. The Morgan fingerprint density at radius 1 is 1.04 bits per heavy atom. The number of nitrogens with zero attached hydrogens (tertiary/aromatic N) is 3. The first kappa shape index (κ1) is 14.2. The van der Waals surface area contributed by atoms with Crippen LogP contribution in [0.1, 0.15) is 0 Å². The van der Waals surface area contributed by atoms with Crippen molar-refractivity contribution in [1.82, 2.24) is 19.9 Å². The van der Waals surface area contributed by atoms with Gasteiger partial charge in [-0.3, -0.25) is 0 Å². The number of anilines is 1. The Morgan fingerprint density at radius 3 is 2.62 bits per heavy atom. The average molecular weight is 317 g/mol. The number of H-pyrrole nitrogens is 1. The zero-order valence-corrected chi connectivity index (χ0v) is 13.0. The minimum Gasteiger partial charge on any atom is -0.497 e. The van der Waals surface area contributed by atoms with Gasteiger partial charge in [0.1, 0.15) is 11.4 Å². The van der Waals surface area contributed by atoms with Crippen LogP contribution in [0.2, 0.25) is 0 Å². The molecular weight excluding hydrogens is 302 g/mol. The fraction of sp³-hybridized carbons (Fsp3) is 0.0556. The van der Waals surface area contributed by atoms with Crippen molar-refractivity contribution in [1.29, 1.82) is 0 Å². The molecule has 0 radical (unpaired) electrons. The third kappa shape index (κ3) is 2.44. The molecule has 0 spiro atoms. The summed E-state index contributed by atoms with van der Waals surface area (Å²) >= 11 is 0. The van der Waals surface area contributed by atoms with E-state index in [1.165, 1.54) is 0 Å². The van der Waals surface area contributed by atoms with Crippen LogP contribution in [-0.4, -0.2) is 27.0 Å². The van der Waals surface area contributed by atoms with E-state index < -0.39 is 0 Å². The van der Waals surface area contributed by atoms with Crippen LogP contribution in [0.25, 0.3) is 33.4 Å². The van der Waals surface area contributed by atoms with Gasteiger partial charge in [-0.15, -0.1) is 0 Å². The predicted molar refractivity (Wildman–Crippen MR) is 93.5 cm³/mol. The molecule has 1 aromatic carbocycles. The second-order valence-electron chi connectivity index (χ2n) is 5.35. The topological polar surface area (TPSA) is 89.7 Å². The summed E-state index contributed by atoms with van der Waals surface area (Å²) in [5.74, 6) is 1.08. The highest BCUT2D eigenvalue weighted by molar-refractivity contribution is 5.95. The van der Waals surface area contributed by atoms with Crippen LogP contribution < -0.4 is 10.5 Å². The smallest absolute Gasteiger partial charge is 0.220 e. The molecule has 6 nitrogen and oxygen atoms in total. The lowest BCUT2D eigenvalue weighted by Crippen LogP contribution is -1.94. The minimum absolute atomic E-state index is 0.251. The lowest BCUT2D eigenvalue weighted by Gasteiger charge is -2.05. The summed E-state index contributed by atoms with van der Waals surface area (Å²) in [5.41, 5.74) is 10.3. The van der Waals surface area contributed by atoms with Crippen LogP contribution >= 0.6 is 0 Å². The van der Waals surface area contributed by atoms with E-state index in [1.54, 1.807) is 13.3 Å². The van der Waals surface area contributed by atoms with Gasteiger partial charge >= 0.3 is 0 Å². The summed E-state index contributed by atoms with van der Waals surface area (Å²) in [6, 6.07) is 11.8. The Balaban J connectivity index is 1.83. The van der Waals surface area contributed by atoms with Gasteiger partial charge in [-0.25, -0.2) is 15.0 Å². The number of nitrogen functional groups attached to an aromatic ring is 1. The zero-order chi connectivity index (χ0) is 16.5. The Morgan fingerprint density at radius 2 is 1.88 bits per heavy atom. The van der Waals surface area contributed by atoms with Crippen LogP contribution in [0.15, 0.2) is 55.0 Å². The van der Waals surface area contributed by atoms with Crippen molar-refractivity contribution in [2.45, 2.75) is 0 Å². The number of methoxy groups -OCH3 is 1. The van der Waals surface area contributed by atoms with Crippen molar-refractivity contribution in [3.63, 3.8) is 0 Å². The maximum Gasteiger partial charge on any atom is 0.220 e. The molecule has 0 fully saturated rings. The van der Waals surface area contributed by atoms with Crippen LogP contribution in [0.5, 0.6) is 5.75 Å². The highest BCUT2D eigenvalue weighted by atomic mass is 16.5. The summed E-state index contributed by atoms with van der Waals surface area (Å²) in [6.07, 6.45) is 5.38. The first-order chi connectivity index (χ1) is 11.7. The number of aromatic amines is 1. The Hall–Kier alpha value is -3.41. The zero-order valence-electron chi connectivity index (χ0n) is 13.0. The van der Waals surface area contributed by atoms with Crippen molar-refractivity contribution in [3.05, 3.63) is 55.0 Å². The number of benzene rings is 1. The van der Waals surface area contributed by atoms with Gasteiger partial charge in [0.25, 0.3) is 0 Å². The third-order valence-corrected chi connectivity index (χ3v) is 3.90. The lowest BCUT2D eigenvalue weighted by atomic mass is 10.0. The molecule has 4 rings (SSSR count). The van der Waals surface area contributed by atoms with E-state index in [-0.39, 0.29) is 5.95 Å². The number of fused-ring (bicyclic) bond motifs is 1. The fourth-order valence-corrected chi connectivity index (χ4v) is 2.68. The van der Waals surface area contributed by atoms with E-state index in [1.807, 2.05) is 42.7 Å². The molecule has 0 amide bonds. The molecule has 0 aliphatic rings. The molecule has 0 aliphatic carbocycles. The van der Waals surface area contributed by atoms with Crippen LogP contribution in [0.3, 0.4) is 0 Å². The molecular formula is C18H15N5O. The van der Waals surface area contributed by atoms with E-state index in [9.17, 15) is 0 Å². The summed E-state index contributed by atoms with van der Waals surface area (Å²) < 4.78 is 5.20. The molecule has 0 saturated heterocycles. The van der Waals surface area contributed by atoms with Gasteiger partial charge in [0.2, 0.25) is 5.95 Å². The van der Waals surface area contributed by atoms with Crippen LogP contribution in [-0.2, 0) is 0 Å². The highest BCUT2D eigenvalue weighted by Crippen LogP contribution is 2.30. The first-order valence-corrected chi connectivity index (χ1v) is 7.45. The number of ether oxygens (including phenoxy) is 1. The summed E-state index contributed by atoms with van der Waals surface area (Å²) in [4.78, 5) is 15.9.